The highest BCUT2D eigenvalue weighted by Gasteiger charge is 2.32. The number of amides is 1. The van der Waals surface area contributed by atoms with Gasteiger partial charge in [-0.2, -0.15) is 13.2 Å². The third-order valence-electron chi connectivity index (χ3n) is 4.46. The Labute approximate surface area is 164 Å². The van der Waals surface area contributed by atoms with Crippen molar-refractivity contribution in [2.45, 2.75) is 32.4 Å². The molecule has 3 rings (SSSR count). The third kappa shape index (κ3) is 5.27. The number of carbonyl (C=O) groups excluding carboxylic acids is 2. The van der Waals surface area contributed by atoms with E-state index < -0.39 is 30.2 Å². The van der Waals surface area contributed by atoms with Gasteiger partial charge in [0.15, 0.2) is 6.61 Å². The van der Waals surface area contributed by atoms with Gasteiger partial charge in [0.05, 0.1) is 22.6 Å². The molecule has 0 radical (unpaired) electrons. The molecule has 29 heavy (non-hydrogen) atoms. The molecule has 0 saturated carbocycles. The van der Waals surface area contributed by atoms with Gasteiger partial charge in [-0.3, -0.25) is 4.79 Å². The average molecular weight is 411 g/mol. The van der Waals surface area contributed by atoms with Gasteiger partial charge in [0, 0.05) is 19.2 Å². The van der Waals surface area contributed by atoms with E-state index in [1.165, 1.54) is 12.1 Å². The van der Waals surface area contributed by atoms with Gasteiger partial charge in [-0.05, 0) is 44.4 Å². The number of hydrogen-bond acceptors (Lipinski definition) is 6. The van der Waals surface area contributed by atoms with Crippen LogP contribution in [0.2, 0.25) is 0 Å². The zero-order chi connectivity index (χ0) is 21.0. The number of alkyl halides is 3. The number of anilines is 2. The number of rotatable bonds is 5. The normalized spacial score (nSPS) is 14.6. The van der Waals surface area contributed by atoms with Crippen LogP contribution in [0.15, 0.2) is 28.8 Å². The predicted molar refractivity (Wildman–Crippen MR) is 97.7 cm³/mol. The number of aromatic nitrogens is 1. The molecule has 0 atom stereocenters. The topological polar surface area (TPSA) is 84.7 Å². The van der Waals surface area contributed by atoms with Crippen LogP contribution in [0.1, 0.15) is 41.1 Å². The Morgan fingerprint density at radius 1 is 1.21 bits per heavy atom. The fraction of sp³-hybridized carbons (Fsp3) is 0.421. The molecule has 0 bridgehead atoms. The molecular formula is C19H20F3N3O4. The lowest BCUT2D eigenvalue weighted by Gasteiger charge is -2.31. The molecule has 1 saturated heterocycles. The molecule has 7 nitrogen and oxygen atoms in total. The standard InChI is InChI=1S/C19H20F3N3O4/c1-12-9-16(29-24-12)18(27)28-11-17(26)23-14-10-13(19(20,21)22)5-6-15(14)25-7-3-2-4-8-25/h5-6,9-10H,2-4,7-8,11H2,1H3,(H,23,26). The molecule has 1 N–H and O–H groups in total. The molecular weight excluding hydrogens is 391 g/mol. The molecule has 0 spiro atoms. The molecule has 10 heteroatoms. The Balaban J connectivity index is 1.72. The second-order valence-corrected chi connectivity index (χ2v) is 6.73. The summed E-state index contributed by atoms with van der Waals surface area (Å²) < 4.78 is 48.9. The minimum atomic E-state index is -4.55. The van der Waals surface area contributed by atoms with Gasteiger partial charge in [-0.25, -0.2) is 4.79 Å². The van der Waals surface area contributed by atoms with Crippen LogP contribution in [0.5, 0.6) is 0 Å². The van der Waals surface area contributed by atoms with Crippen molar-refractivity contribution in [1.82, 2.24) is 5.16 Å². The van der Waals surface area contributed by atoms with Crippen molar-refractivity contribution in [3.05, 3.63) is 41.3 Å². The lowest BCUT2D eigenvalue weighted by Crippen LogP contribution is -2.31. The fourth-order valence-corrected chi connectivity index (χ4v) is 3.07. The number of nitrogens with one attached hydrogen (secondary N) is 1. The minimum absolute atomic E-state index is 0.0262. The largest absolute Gasteiger partial charge is 0.450 e. The highest BCUT2D eigenvalue weighted by atomic mass is 19.4. The van der Waals surface area contributed by atoms with E-state index in [4.69, 9.17) is 9.26 Å². The van der Waals surface area contributed by atoms with Crippen molar-refractivity contribution >= 4 is 23.3 Å². The van der Waals surface area contributed by atoms with Gasteiger partial charge in [-0.1, -0.05) is 5.16 Å². The number of halogens is 3. The number of ether oxygens (including phenoxy) is 1. The van der Waals surface area contributed by atoms with E-state index >= 15 is 0 Å². The molecule has 1 aliphatic rings. The van der Waals surface area contributed by atoms with Crippen LogP contribution in [0.3, 0.4) is 0 Å². The molecule has 1 amide bonds. The number of piperidine rings is 1. The first-order valence-electron chi connectivity index (χ1n) is 9.10. The molecule has 1 aliphatic heterocycles. The monoisotopic (exact) mass is 411 g/mol. The summed E-state index contributed by atoms with van der Waals surface area (Å²) in [6.45, 7) is 2.32. The van der Waals surface area contributed by atoms with E-state index in [0.29, 0.717) is 24.5 Å². The number of nitrogens with zero attached hydrogens (tertiary/aromatic N) is 2. The molecule has 1 aromatic heterocycles. The summed E-state index contributed by atoms with van der Waals surface area (Å²) in [5.74, 6) is -1.81. The van der Waals surface area contributed by atoms with Crippen LogP contribution in [0.25, 0.3) is 0 Å². The van der Waals surface area contributed by atoms with Crippen LogP contribution >= 0.6 is 0 Å². The zero-order valence-electron chi connectivity index (χ0n) is 15.7. The Kier molecular flexibility index (Phi) is 6.09. The quantitative estimate of drug-likeness (QED) is 0.754. The highest BCUT2D eigenvalue weighted by Crippen LogP contribution is 2.36. The summed E-state index contributed by atoms with van der Waals surface area (Å²) in [6.07, 6.45) is -1.66. The maximum atomic E-state index is 13.1. The highest BCUT2D eigenvalue weighted by molar-refractivity contribution is 5.97. The first kappa shape index (κ1) is 20.7. The number of aryl methyl sites for hydroxylation is 1. The van der Waals surface area contributed by atoms with Gasteiger partial charge in [-0.15, -0.1) is 0 Å². The Morgan fingerprint density at radius 2 is 1.93 bits per heavy atom. The van der Waals surface area contributed by atoms with Crippen LogP contribution in [0, 0.1) is 6.92 Å². The van der Waals surface area contributed by atoms with Crippen molar-refractivity contribution in [2.24, 2.45) is 0 Å². The number of benzene rings is 1. The van der Waals surface area contributed by atoms with Gasteiger partial charge < -0.3 is 19.5 Å². The maximum absolute atomic E-state index is 13.1. The first-order valence-corrected chi connectivity index (χ1v) is 9.10. The summed E-state index contributed by atoms with van der Waals surface area (Å²) in [5, 5.41) is 5.97. The predicted octanol–water partition coefficient (Wildman–Crippen LogP) is 3.79. The van der Waals surface area contributed by atoms with E-state index in [-0.39, 0.29) is 11.4 Å². The minimum Gasteiger partial charge on any atom is -0.450 e. The van der Waals surface area contributed by atoms with Crippen molar-refractivity contribution in [2.75, 3.05) is 29.9 Å². The second-order valence-electron chi connectivity index (χ2n) is 6.73. The van der Waals surface area contributed by atoms with E-state index in [0.717, 1.165) is 31.4 Å². The summed E-state index contributed by atoms with van der Waals surface area (Å²) in [5.41, 5.74) is 0.126. The maximum Gasteiger partial charge on any atom is 0.416 e. The molecule has 0 aliphatic carbocycles. The van der Waals surface area contributed by atoms with Crippen molar-refractivity contribution in [1.29, 1.82) is 0 Å². The Morgan fingerprint density at radius 3 is 2.55 bits per heavy atom. The summed E-state index contributed by atoms with van der Waals surface area (Å²) >= 11 is 0. The lowest BCUT2D eigenvalue weighted by molar-refractivity contribution is -0.137. The number of esters is 1. The second kappa shape index (κ2) is 8.54. The Hall–Kier alpha value is -3.04. The van der Waals surface area contributed by atoms with Gasteiger partial charge in [0.2, 0.25) is 5.76 Å². The number of carbonyl (C=O) groups is 2. The van der Waals surface area contributed by atoms with Gasteiger partial charge >= 0.3 is 12.1 Å². The van der Waals surface area contributed by atoms with Crippen molar-refractivity contribution in [3.63, 3.8) is 0 Å². The van der Waals surface area contributed by atoms with E-state index in [1.807, 2.05) is 4.90 Å². The summed E-state index contributed by atoms with van der Waals surface area (Å²) in [4.78, 5) is 26.0. The van der Waals surface area contributed by atoms with E-state index in [9.17, 15) is 22.8 Å². The average Bonchev–Trinajstić information content (AvgIpc) is 3.12. The molecule has 2 heterocycles. The summed E-state index contributed by atoms with van der Waals surface area (Å²) in [7, 11) is 0. The molecule has 1 aromatic carbocycles. The smallest absolute Gasteiger partial charge is 0.416 e. The molecule has 0 unspecified atom stereocenters. The fourth-order valence-electron chi connectivity index (χ4n) is 3.07. The zero-order valence-corrected chi connectivity index (χ0v) is 15.7. The van der Waals surface area contributed by atoms with Crippen molar-refractivity contribution < 1.29 is 32.0 Å². The first-order chi connectivity index (χ1) is 13.7. The van der Waals surface area contributed by atoms with Crippen LogP contribution in [-0.4, -0.2) is 36.7 Å². The SMILES string of the molecule is Cc1cc(C(=O)OCC(=O)Nc2cc(C(F)(F)F)ccc2N2CCCCC2)on1. The lowest BCUT2D eigenvalue weighted by atomic mass is 10.1. The van der Waals surface area contributed by atoms with Gasteiger partial charge in [0.25, 0.3) is 5.91 Å². The third-order valence-corrected chi connectivity index (χ3v) is 4.46. The van der Waals surface area contributed by atoms with Crippen LogP contribution in [-0.2, 0) is 15.7 Å². The van der Waals surface area contributed by atoms with E-state index in [1.54, 1.807) is 6.92 Å². The summed E-state index contributed by atoms with van der Waals surface area (Å²) in [6, 6.07) is 4.59. The van der Waals surface area contributed by atoms with Crippen molar-refractivity contribution in [3.8, 4) is 0 Å². The molecule has 156 valence electrons. The van der Waals surface area contributed by atoms with Crippen LogP contribution < -0.4 is 10.2 Å². The van der Waals surface area contributed by atoms with Gasteiger partial charge in [0.1, 0.15) is 0 Å². The Bertz CT molecular complexity index is 889. The number of hydrogen-bond donors (Lipinski definition) is 1. The van der Waals surface area contributed by atoms with E-state index in [2.05, 4.69) is 10.5 Å². The molecule has 2 aromatic rings. The van der Waals surface area contributed by atoms with Crippen LogP contribution in [0.4, 0.5) is 24.5 Å². The molecule has 1 fully saturated rings.